The van der Waals surface area contributed by atoms with Crippen molar-refractivity contribution in [3.63, 3.8) is 0 Å². The van der Waals surface area contributed by atoms with Gasteiger partial charge in [-0.05, 0) is 17.7 Å². The fourth-order valence-electron chi connectivity index (χ4n) is 2.33. The van der Waals surface area contributed by atoms with Crippen molar-refractivity contribution in [3.8, 4) is 11.3 Å². The maximum absolute atomic E-state index is 12.1. The van der Waals surface area contributed by atoms with E-state index in [0.29, 0.717) is 11.6 Å². The maximum Gasteiger partial charge on any atom is 0.224 e. The molecule has 0 saturated carbocycles. The number of hydrogen-bond donors (Lipinski definition) is 1. The summed E-state index contributed by atoms with van der Waals surface area (Å²) in [5, 5.41) is 3.46. The van der Waals surface area contributed by atoms with Crippen LogP contribution in [-0.2, 0) is 17.8 Å². The molecule has 1 amide bonds. The molecule has 1 N–H and O–H groups in total. The maximum atomic E-state index is 12.1. The van der Waals surface area contributed by atoms with Crippen LogP contribution >= 0.6 is 11.6 Å². The minimum absolute atomic E-state index is 0.0945. The smallest absolute Gasteiger partial charge is 0.224 e. The molecule has 4 nitrogen and oxygen atoms in total. The van der Waals surface area contributed by atoms with Crippen LogP contribution in [0.2, 0.25) is 5.02 Å². The van der Waals surface area contributed by atoms with Gasteiger partial charge in [0.25, 0.3) is 0 Å². The van der Waals surface area contributed by atoms with Gasteiger partial charge in [0.15, 0.2) is 0 Å². The third kappa shape index (κ3) is 4.18. The predicted molar refractivity (Wildman–Crippen MR) is 94.5 cm³/mol. The van der Waals surface area contributed by atoms with Crippen molar-refractivity contribution in [3.05, 3.63) is 83.3 Å². The van der Waals surface area contributed by atoms with Crippen molar-refractivity contribution in [2.24, 2.45) is 0 Å². The van der Waals surface area contributed by atoms with Gasteiger partial charge in [0, 0.05) is 10.6 Å². The monoisotopic (exact) mass is 337 g/mol. The topological polar surface area (TPSA) is 54.9 Å². The van der Waals surface area contributed by atoms with Gasteiger partial charge in [-0.3, -0.25) is 4.79 Å². The normalized spacial score (nSPS) is 10.4. The van der Waals surface area contributed by atoms with Crippen molar-refractivity contribution in [2.75, 3.05) is 0 Å². The molecule has 0 radical (unpaired) electrons. The summed E-state index contributed by atoms with van der Waals surface area (Å²) in [6, 6.07) is 19.1. The van der Waals surface area contributed by atoms with E-state index in [4.69, 9.17) is 11.6 Å². The molecule has 3 aromatic rings. The zero-order chi connectivity index (χ0) is 16.8. The molecule has 1 heterocycles. The van der Waals surface area contributed by atoms with Crippen LogP contribution in [0.25, 0.3) is 11.3 Å². The summed E-state index contributed by atoms with van der Waals surface area (Å²) in [6.45, 7) is 0.353. The minimum Gasteiger partial charge on any atom is -0.350 e. The predicted octanol–water partition coefficient (Wildman–Crippen LogP) is 3.66. The lowest BCUT2D eigenvalue weighted by molar-refractivity contribution is -0.120. The van der Waals surface area contributed by atoms with Gasteiger partial charge < -0.3 is 5.32 Å². The van der Waals surface area contributed by atoms with E-state index in [0.717, 1.165) is 22.5 Å². The first-order valence-corrected chi connectivity index (χ1v) is 7.96. The molecule has 24 heavy (non-hydrogen) atoms. The molecule has 0 aliphatic heterocycles. The Kier molecular flexibility index (Phi) is 5.18. The van der Waals surface area contributed by atoms with E-state index >= 15 is 0 Å². The van der Waals surface area contributed by atoms with Crippen LogP contribution < -0.4 is 5.32 Å². The van der Waals surface area contributed by atoms with Gasteiger partial charge in [-0.1, -0.05) is 60.1 Å². The average Bonchev–Trinajstić information content (AvgIpc) is 2.63. The first-order valence-electron chi connectivity index (χ1n) is 7.59. The lowest BCUT2D eigenvalue weighted by atomic mass is 10.1. The van der Waals surface area contributed by atoms with E-state index in [1.54, 1.807) is 6.07 Å². The van der Waals surface area contributed by atoms with E-state index in [1.807, 2.05) is 54.6 Å². The van der Waals surface area contributed by atoms with E-state index in [-0.39, 0.29) is 12.3 Å². The van der Waals surface area contributed by atoms with Crippen molar-refractivity contribution in [1.82, 2.24) is 15.3 Å². The zero-order valence-corrected chi connectivity index (χ0v) is 13.7. The summed E-state index contributed by atoms with van der Waals surface area (Å²) in [4.78, 5) is 20.6. The average molecular weight is 338 g/mol. The number of nitrogens with zero attached hydrogens (tertiary/aromatic N) is 2. The number of carbonyl (C=O) groups is 1. The molecule has 0 unspecified atom stereocenters. The van der Waals surface area contributed by atoms with Crippen LogP contribution in [0.3, 0.4) is 0 Å². The molecule has 2 aromatic carbocycles. The summed E-state index contributed by atoms with van der Waals surface area (Å²) in [5.74, 6) is -0.0945. The quantitative estimate of drug-likeness (QED) is 0.773. The van der Waals surface area contributed by atoms with Crippen LogP contribution in [0.1, 0.15) is 11.3 Å². The fraction of sp³-hybridized carbons (Fsp3) is 0.105. The second kappa shape index (κ2) is 7.70. The van der Waals surface area contributed by atoms with Gasteiger partial charge in [0.2, 0.25) is 5.91 Å². The number of nitrogens with one attached hydrogen (secondary N) is 1. The third-order valence-electron chi connectivity index (χ3n) is 3.57. The number of carbonyl (C=O) groups excluding carboxylic acids is 1. The molecule has 0 bridgehead atoms. The van der Waals surface area contributed by atoms with Gasteiger partial charge in [0.1, 0.15) is 6.33 Å². The van der Waals surface area contributed by atoms with E-state index in [1.165, 1.54) is 6.33 Å². The Morgan fingerprint density at radius 3 is 2.54 bits per heavy atom. The second-order valence-corrected chi connectivity index (χ2v) is 5.71. The fourth-order valence-corrected chi connectivity index (χ4v) is 2.53. The SMILES string of the molecule is O=C(Cc1ccccc1Cl)NCc1cc(-c2ccccc2)ncn1. The van der Waals surface area contributed by atoms with Crippen molar-refractivity contribution in [2.45, 2.75) is 13.0 Å². The zero-order valence-electron chi connectivity index (χ0n) is 12.9. The van der Waals surface area contributed by atoms with Crippen LogP contribution in [0.5, 0.6) is 0 Å². The Morgan fingerprint density at radius 1 is 1.00 bits per heavy atom. The van der Waals surface area contributed by atoms with Gasteiger partial charge in [-0.2, -0.15) is 0 Å². The molecule has 0 fully saturated rings. The van der Waals surface area contributed by atoms with Crippen LogP contribution in [0, 0.1) is 0 Å². The molecule has 5 heteroatoms. The summed E-state index contributed by atoms with van der Waals surface area (Å²) in [5.41, 5.74) is 3.42. The molecule has 120 valence electrons. The number of hydrogen-bond acceptors (Lipinski definition) is 3. The van der Waals surface area contributed by atoms with Gasteiger partial charge >= 0.3 is 0 Å². The van der Waals surface area contributed by atoms with Gasteiger partial charge in [0.05, 0.1) is 24.4 Å². The Bertz CT molecular complexity index is 837. The first-order chi connectivity index (χ1) is 11.7. The number of halogens is 1. The summed E-state index contributed by atoms with van der Waals surface area (Å²) >= 11 is 6.07. The molecule has 0 atom stereocenters. The highest BCUT2D eigenvalue weighted by molar-refractivity contribution is 6.31. The molecule has 0 aliphatic carbocycles. The molecular formula is C19H16ClN3O. The Morgan fingerprint density at radius 2 is 1.75 bits per heavy atom. The highest BCUT2D eigenvalue weighted by atomic mass is 35.5. The molecule has 0 aliphatic rings. The molecule has 0 saturated heterocycles. The Labute approximate surface area is 145 Å². The summed E-state index contributed by atoms with van der Waals surface area (Å²) < 4.78 is 0. The Balaban J connectivity index is 1.63. The van der Waals surface area contributed by atoms with Gasteiger partial charge in [-0.15, -0.1) is 0 Å². The highest BCUT2D eigenvalue weighted by Crippen LogP contribution is 2.17. The van der Waals surface area contributed by atoms with E-state index < -0.39 is 0 Å². The van der Waals surface area contributed by atoms with Crippen LogP contribution in [0.4, 0.5) is 0 Å². The van der Waals surface area contributed by atoms with Crippen molar-refractivity contribution >= 4 is 17.5 Å². The third-order valence-corrected chi connectivity index (χ3v) is 3.94. The first kappa shape index (κ1) is 16.1. The summed E-state index contributed by atoms with van der Waals surface area (Å²) in [7, 11) is 0. The number of aromatic nitrogens is 2. The van der Waals surface area contributed by atoms with E-state index in [9.17, 15) is 4.79 Å². The molecule has 0 spiro atoms. The van der Waals surface area contributed by atoms with Crippen molar-refractivity contribution < 1.29 is 4.79 Å². The van der Waals surface area contributed by atoms with Crippen LogP contribution in [-0.4, -0.2) is 15.9 Å². The number of amides is 1. The lowest BCUT2D eigenvalue weighted by Crippen LogP contribution is -2.25. The highest BCUT2D eigenvalue weighted by Gasteiger charge is 2.07. The van der Waals surface area contributed by atoms with Gasteiger partial charge in [-0.25, -0.2) is 9.97 Å². The minimum atomic E-state index is -0.0945. The largest absolute Gasteiger partial charge is 0.350 e. The standard InChI is InChI=1S/C19H16ClN3O/c20-17-9-5-4-8-15(17)10-19(24)21-12-16-11-18(23-13-22-16)14-6-2-1-3-7-14/h1-9,11,13H,10,12H2,(H,21,24). The summed E-state index contributed by atoms with van der Waals surface area (Å²) in [6.07, 6.45) is 1.76. The molecule has 1 aromatic heterocycles. The molecular weight excluding hydrogens is 322 g/mol. The molecule has 3 rings (SSSR count). The number of rotatable bonds is 5. The number of benzene rings is 2. The lowest BCUT2D eigenvalue weighted by Gasteiger charge is -2.07. The van der Waals surface area contributed by atoms with Crippen molar-refractivity contribution in [1.29, 1.82) is 0 Å². The Hall–Kier alpha value is -2.72. The van der Waals surface area contributed by atoms with Crippen LogP contribution in [0.15, 0.2) is 67.0 Å². The second-order valence-electron chi connectivity index (χ2n) is 5.31. The van der Waals surface area contributed by atoms with E-state index in [2.05, 4.69) is 15.3 Å².